The molecule has 0 unspecified atom stereocenters. The van der Waals surface area contributed by atoms with Gasteiger partial charge in [0.25, 0.3) is 11.5 Å². The number of hydrogen-bond acceptors (Lipinski definition) is 4. The lowest BCUT2D eigenvalue weighted by Crippen LogP contribution is -2.24. The molecule has 0 bridgehead atoms. The summed E-state index contributed by atoms with van der Waals surface area (Å²) >= 11 is 0. The average molecular weight is 367 g/mol. The number of aryl methyl sites for hydroxylation is 3. The molecule has 0 fully saturated rings. The van der Waals surface area contributed by atoms with Crippen LogP contribution in [-0.4, -0.2) is 20.7 Å². The molecule has 3 rings (SSSR count). The summed E-state index contributed by atoms with van der Waals surface area (Å²) in [6, 6.07) is 8.59. The summed E-state index contributed by atoms with van der Waals surface area (Å²) in [5, 5.41) is 8.38. The summed E-state index contributed by atoms with van der Waals surface area (Å²) in [7, 11) is 0. The van der Waals surface area contributed by atoms with E-state index in [4.69, 9.17) is 5.21 Å². The maximum atomic E-state index is 15.0. The lowest BCUT2D eigenvalue weighted by molar-refractivity contribution is -0.124. The topological polar surface area (TPSA) is 84.2 Å². The Morgan fingerprint density at radius 1 is 1.19 bits per heavy atom. The SMILES string of the molecule is Cc1cccc(C)c1-n1c(C)nc2ccc(/C=C/C(=O)NO)c(F)c2c1=O. The first-order valence-electron chi connectivity index (χ1n) is 8.25. The molecule has 6 nitrogen and oxygen atoms in total. The van der Waals surface area contributed by atoms with Crippen LogP contribution in [0.3, 0.4) is 0 Å². The van der Waals surface area contributed by atoms with Gasteiger partial charge in [-0.1, -0.05) is 18.2 Å². The van der Waals surface area contributed by atoms with E-state index in [2.05, 4.69) is 4.98 Å². The number of rotatable bonds is 3. The van der Waals surface area contributed by atoms with Crippen LogP contribution in [-0.2, 0) is 4.79 Å². The molecule has 2 aromatic carbocycles. The number of para-hydroxylation sites is 1. The van der Waals surface area contributed by atoms with Gasteiger partial charge in [0.15, 0.2) is 0 Å². The maximum Gasteiger partial charge on any atom is 0.268 e. The van der Waals surface area contributed by atoms with Crippen LogP contribution in [0.4, 0.5) is 4.39 Å². The van der Waals surface area contributed by atoms with E-state index in [9.17, 15) is 9.59 Å². The summed E-state index contributed by atoms with van der Waals surface area (Å²) in [5.41, 5.74) is 3.61. The second kappa shape index (κ2) is 7.13. The van der Waals surface area contributed by atoms with Gasteiger partial charge in [-0.2, -0.15) is 0 Å². The van der Waals surface area contributed by atoms with Crippen LogP contribution in [0.2, 0.25) is 0 Å². The highest BCUT2D eigenvalue weighted by molar-refractivity contribution is 5.92. The van der Waals surface area contributed by atoms with Crippen LogP contribution < -0.4 is 11.0 Å². The van der Waals surface area contributed by atoms with Gasteiger partial charge in [-0.05, 0) is 50.1 Å². The van der Waals surface area contributed by atoms with E-state index in [0.29, 0.717) is 11.5 Å². The number of carbonyl (C=O) groups is 1. The average Bonchev–Trinajstić information content (AvgIpc) is 2.62. The number of hydroxylamine groups is 1. The van der Waals surface area contributed by atoms with E-state index in [1.54, 1.807) is 6.92 Å². The Morgan fingerprint density at radius 3 is 2.48 bits per heavy atom. The number of halogens is 1. The Kier molecular flexibility index (Phi) is 4.87. The van der Waals surface area contributed by atoms with Crippen molar-refractivity contribution in [2.24, 2.45) is 0 Å². The second-order valence-corrected chi connectivity index (χ2v) is 6.21. The molecule has 0 radical (unpaired) electrons. The molecule has 0 aliphatic carbocycles. The van der Waals surface area contributed by atoms with Crippen molar-refractivity contribution in [3.05, 3.63) is 75.1 Å². The number of hydrogen-bond donors (Lipinski definition) is 2. The van der Waals surface area contributed by atoms with E-state index in [0.717, 1.165) is 17.2 Å². The summed E-state index contributed by atoms with van der Waals surface area (Å²) in [6.07, 6.45) is 2.15. The molecule has 0 spiro atoms. The Bertz CT molecular complexity index is 1130. The molecule has 1 heterocycles. The van der Waals surface area contributed by atoms with E-state index in [-0.39, 0.29) is 16.5 Å². The third kappa shape index (κ3) is 3.24. The molecule has 0 atom stereocenters. The van der Waals surface area contributed by atoms with Crippen LogP contribution in [0.1, 0.15) is 22.5 Å². The van der Waals surface area contributed by atoms with Crippen molar-refractivity contribution < 1.29 is 14.4 Å². The van der Waals surface area contributed by atoms with Crippen LogP contribution in [0.5, 0.6) is 0 Å². The van der Waals surface area contributed by atoms with Crippen LogP contribution in [0.15, 0.2) is 41.2 Å². The fourth-order valence-electron chi connectivity index (χ4n) is 3.11. The Morgan fingerprint density at radius 2 is 1.85 bits per heavy atom. The van der Waals surface area contributed by atoms with Gasteiger partial charge in [0.2, 0.25) is 0 Å². The van der Waals surface area contributed by atoms with Gasteiger partial charge >= 0.3 is 0 Å². The first-order valence-corrected chi connectivity index (χ1v) is 8.25. The zero-order valence-electron chi connectivity index (χ0n) is 15.1. The van der Waals surface area contributed by atoms with Crippen molar-refractivity contribution in [1.29, 1.82) is 0 Å². The number of amides is 1. The minimum Gasteiger partial charge on any atom is -0.288 e. The molecule has 0 aliphatic rings. The molecule has 1 aromatic heterocycles. The van der Waals surface area contributed by atoms with Crippen molar-refractivity contribution in [1.82, 2.24) is 15.0 Å². The normalized spacial score (nSPS) is 11.3. The van der Waals surface area contributed by atoms with Crippen molar-refractivity contribution in [2.45, 2.75) is 20.8 Å². The fourth-order valence-corrected chi connectivity index (χ4v) is 3.11. The van der Waals surface area contributed by atoms with E-state index < -0.39 is 17.3 Å². The second-order valence-electron chi connectivity index (χ2n) is 6.21. The molecule has 27 heavy (non-hydrogen) atoms. The maximum absolute atomic E-state index is 15.0. The molecule has 138 valence electrons. The van der Waals surface area contributed by atoms with E-state index in [1.807, 2.05) is 32.0 Å². The zero-order valence-corrected chi connectivity index (χ0v) is 15.1. The minimum absolute atomic E-state index is 0.0434. The highest BCUT2D eigenvalue weighted by Crippen LogP contribution is 2.22. The Hall–Kier alpha value is -3.32. The van der Waals surface area contributed by atoms with Crippen LogP contribution >= 0.6 is 0 Å². The molecule has 0 saturated carbocycles. The van der Waals surface area contributed by atoms with E-state index in [1.165, 1.54) is 28.3 Å². The standard InChI is InChI=1S/C20H18FN3O3/c1-11-5-4-6-12(2)19(11)24-13(3)22-15-9-7-14(8-10-16(25)23-27)18(21)17(15)20(24)26/h4-10,27H,1-3H3,(H,23,25)/b10-8+. The molecule has 0 aliphatic heterocycles. The zero-order chi connectivity index (χ0) is 19.7. The number of aromatic nitrogens is 2. The summed E-state index contributed by atoms with van der Waals surface area (Å²) in [5.74, 6) is -1.12. The fraction of sp³-hybridized carbons (Fsp3) is 0.150. The Balaban J connectivity index is 2.33. The van der Waals surface area contributed by atoms with Crippen LogP contribution in [0.25, 0.3) is 22.7 Å². The molecule has 2 N–H and O–H groups in total. The van der Waals surface area contributed by atoms with Crippen molar-refractivity contribution in [2.75, 3.05) is 0 Å². The number of benzene rings is 2. The lowest BCUT2D eigenvalue weighted by atomic mass is 10.1. The Labute approximate surface area is 154 Å². The van der Waals surface area contributed by atoms with Crippen molar-refractivity contribution in [3.8, 4) is 5.69 Å². The van der Waals surface area contributed by atoms with Crippen molar-refractivity contribution >= 4 is 22.9 Å². The molecule has 0 saturated heterocycles. The molecule has 7 heteroatoms. The molecular formula is C20H18FN3O3. The van der Waals surface area contributed by atoms with Crippen molar-refractivity contribution in [3.63, 3.8) is 0 Å². The smallest absolute Gasteiger partial charge is 0.268 e. The van der Waals surface area contributed by atoms with Crippen LogP contribution in [0, 0.1) is 26.6 Å². The minimum atomic E-state index is -0.801. The number of nitrogens with zero attached hydrogens (tertiary/aromatic N) is 2. The van der Waals surface area contributed by atoms with Gasteiger partial charge in [-0.3, -0.25) is 19.4 Å². The summed E-state index contributed by atoms with van der Waals surface area (Å²) in [4.78, 5) is 28.7. The first kappa shape index (κ1) is 18.5. The third-order valence-electron chi connectivity index (χ3n) is 4.36. The largest absolute Gasteiger partial charge is 0.288 e. The highest BCUT2D eigenvalue weighted by Gasteiger charge is 2.17. The quantitative estimate of drug-likeness (QED) is 0.423. The summed E-state index contributed by atoms with van der Waals surface area (Å²) in [6.45, 7) is 5.45. The van der Waals surface area contributed by atoms with E-state index >= 15 is 4.39 Å². The molecule has 1 amide bonds. The van der Waals surface area contributed by atoms with Gasteiger partial charge in [-0.25, -0.2) is 14.9 Å². The number of fused-ring (bicyclic) bond motifs is 1. The third-order valence-corrected chi connectivity index (χ3v) is 4.36. The highest BCUT2D eigenvalue weighted by atomic mass is 19.1. The molecule has 3 aromatic rings. The first-order chi connectivity index (χ1) is 12.8. The van der Waals surface area contributed by atoms with Gasteiger partial charge in [-0.15, -0.1) is 0 Å². The summed E-state index contributed by atoms with van der Waals surface area (Å²) < 4.78 is 16.4. The number of nitrogens with one attached hydrogen (secondary N) is 1. The predicted octanol–water partition coefficient (Wildman–Crippen LogP) is 2.97. The van der Waals surface area contributed by atoms with Gasteiger partial charge in [0.1, 0.15) is 17.0 Å². The number of carbonyl (C=O) groups excluding carboxylic acids is 1. The lowest BCUT2D eigenvalue weighted by Gasteiger charge is -2.16. The van der Waals surface area contributed by atoms with Gasteiger partial charge in [0, 0.05) is 11.6 Å². The predicted molar refractivity (Wildman–Crippen MR) is 100 cm³/mol. The monoisotopic (exact) mass is 367 g/mol. The van der Waals surface area contributed by atoms with Gasteiger partial charge in [0.05, 0.1) is 11.2 Å². The molecular weight excluding hydrogens is 349 g/mol. The van der Waals surface area contributed by atoms with Gasteiger partial charge < -0.3 is 0 Å².